The predicted octanol–water partition coefficient (Wildman–Crippen LogP) is 3.96. The second-order valence-electron chi connectivity index (χ2n) is 7.97. The molecule has 7 heteroatoms. The van der Waals surface area contributed by atoms with Gasteiger partial charge in [0, 0.05) is 29.5 Å². The number of ether oxygens (including phenoxy) is 2. The molecule has 1 aliphatic carbocycles. The third-order valence-electron chi connectivity index (χ3n) is 5.92. The molecule has 2 unspecified atom stereocenters. The molecule has 2 fully saturated rings. The van der Waals surface area contributed by atoms with E-state index in [1.807, 2.05) is 12.2 Å². The van der Waals surface area contributed by atoms with Crippen LogP contribution < -0.4 is 0 Å². The van der Waals surface area contributed by atoms with Crippen molar-refractivity contribution < 1.29 is 24.5 Å². The van der Waals surface area contributed by atoms with E-state index in [9.17, 15) is 15.0 Å². The van der Waals surface area contributed by atoms with Crippen LogP contribution in [0, 0.1) is 11.8 Å². The minimum atomic E-state index is -0.470. The Morgan fingerprint density at radius 3 is 2.79 bits per heavy atom. The molecule has 2 aliphatic rings. The Morgan fingerprint density at radius 1 is 1.29 bits per heavy atom. The standard InChI is InChI=1S/C21H34BrClO5/c1-27-21(26)8-5-7-17(22)20-12-16-15(18(25)13-19(16)28-20)10-9-14(24)6-3-2-4-11-23/h9-10,14-20,24-25H,2-8,11-13H2,1H3/b10-9+/t14-,15+,16+,17?,18+,19-,20?/m0/s1. The minimum Gasteiger partial charge on any atom is -0.469 e. The van der Waals surface area contributed by atoms with Gasteiger partial charge in [0.05, 0.1) is 31.5 Å². The molecular formula is C21H34BrClO5. The van der Waals surface area contributed by atoms with Crippen LogP contribution in [0.15, 0.2) is 12.2 Å². The lowest BCUT2D eigenvalue weighted by atomic mass is 9.89. The van der Waals surface area contributed by atoms with Gasteiger partial charge in [-0.15, -0.1) is 11.6 Å². The predicted molar refractivity (Wildman–Crippen MR) is 114 cm³/mol. The molecule has 0 aromatic heterocycles. The molecule has 0 spiro atoms. The number of aliphatic hydroxyl groups excluding tert-OH is 2. The highest BCUT2D eigenvalue weighted by Crippen LogP contribution is 2.46. The number of methoxy groups -OCH3 is 1. The summed E-state index contributed by atoms with van der Waals surface area (Å²) < 4.78 is 10.9. The van der Waals surface area contributed by atoms with Gasteiger partial charge in [-0.2, -0.15) is 0 Å². The minimum absolute atomic E-state index is 0.0299. The van der Waals surface area contributed by atoms with Crippen LogP contribution in [-0.2, 0) is 14.3 Å². The van der Waals surface area contributed by atoms with Crippen molar-refractivity contribution in [2.75, 3.05) is 13.0 Å². The van der Waals surface area contributed by atoms with Gasteiger partial charge in [0.1, 0.15) is 0 Å². The maximum absolute atomic E-state index is 11.2. The first-order valence-electron chi connectivity index (χ1n) is 10.4. The monoisotopic (exact) mass is 480 g/mol. The van der Waals surface area contributed by atoms with E-state index in [-0.39, 0.29) is 34.8 Å². The van der Waals surface area contributed by atoms with Crippen LogP contribution in [0.1, 0.15) is 57.8 Å². The van der Waals surface area contributed by atoms with Crippen LogP contribution in [-0.4, -0.2) is 58.4 Å². The van der Waals surface area contributed by atoms with Gasteiger partial charge in [-0.3, -0.25) is 4.79 Å². The van der Waals surface area contributed by atoms with Gasteiger partial charge < -0.3 is 19.7 Å². The van der Waals surface area contributed by atoms with Crippen LogP contribution in [0.25, 0.3) is 0 Å². The molecule has 5 nitrogen and oxygen atoms in total. The summed E-state index contributed by atoms with van der Waals surface area (Å²) in [4.78, 5) is 11.4. The summed E-state index contributed by atoms with van der Waals surface area (Å²) in [5.74, 6) is 0.794. The van der Waals surface area contributed by atoms with Crippen LogP contribution in [0.2, 0.25) is 0 Å². The number of esters is 1. The van der Waals surface area contributed by atoms with Gasteiger partial charge >= 0.3 is 5.97 Å². The summed E-state index contributed by atoms with van der Waals surface area (Å²) >= 11 is 9.39. The van der Waals surface area contributed by atoms with Crippen LogP contribution in [0.5, 0.6) is 0 Å². The number of aliphatic hydroxyl groups is 2. The number of halogens is 2. The second kappa shape index (κ2) is 12.5. The maximum Gasteiger partial charge on any atom is 0.305 e. The van der Waals surface area contributed by atoms with Crippen molar-refractivity contribution in [1.29, 1.82) is 0 Å². The normalized spacial score (nSPS) is 31.8. The van der Waals surface area contributed by atoms with Crippen molar-refractivity contribution in [3.63, 3.8) is 0 Å². The molecule has 162 valence electrons. The molecule has 0 amide bonds. The van der Waals surface area contributed by atoms with Gasteiger partial charge in [0.25, 0.3) is 0 Å². The molecule has 0 radical (unpaired) electrons. The van der Waals surface area contributed by atoms with E-state index in [0.717, 1.165) is 44.9 Å². The van der Waals surface area contributed by atoms with Crippen molar-refractivity contribution in [2.45, 2.75) is 87.0 Å². The van der Waals surface area contributed by atoms with Gasteiger partial charge in [0.2, 0.25) is 0 Å². The van der Waals surface area contributed by atoms with Crippen LogP contribution in [0.3, 0.4) is 0 Å². The van der Waals surface area contributed by atoms with Crippen LogP contribution in [0.4, 0.5) is 0 Å². The third kappa shape index (κ3) is 7.28. The summed E-state index contributed by atoms with van der Waals surface area (Å²) in [6.07, 6.45) is 10.4. The first kappa shape index (κ1) is 24.1. The molecule has 0 aromatic carbocycles. The summed E-state index contributed by atoms with van der Waals surface area (Å²) in [5.41, 5.74) is 0. The average Bonchev–Trinajstić information content (AvgIpc) is 3.20. The van der Waals surface area contributed by atoms with Gasteiger partial charge in [-0.1, -0.05) is 40.9 Å². The topological polar surface area (TPSA) is 76.0 Å². The first-order valence-corrected chi connectivity index (χ1v) is 11.9. The number of rotatable bonds is 12. The van der Waals surface area contributed by atoms with E-state index in [1.165, 1.54) is 7.11 Å². The second-order valence-corrected chi connectivity index (χ2v) is 9.52. The largest absolute Gasteiger partial charge is 0.469 e. The fourth-order valence-electron chi connectivity index (χ4n) is 4.33. The van der Waals surface area contributed by atoms with Crippen molar-refractivity contribution in [1.82, 2.24) is 0 Å². The highest BCUT2D eigenvalue weighted by Gasteiger charge is 2.49. The van der Waals surface area contributed by atoms with E-state index < -0.39 is 12.2 Å². The SMILES string of the molecule is COC(=O)CCCC(Br)C1C[C@@H]2[C@@H](/C=C/[C@@H](O)CCCCCCl)[C@H](O)C[C@@H]2O1. The zero-order chi connectivity index (χ0) is 20.5. The van der Waals surface area contributed by atoms with Gasteiger partial charge in [-0.05, 0) is 38.0 Å². The van der Waals surface area contributed by atoms with Crippen molar-refractivity contribution in [3.8, 4) is 0 Å². The molecule has 2 N–H and O–H groups in total. The lowest BCUT2D eigenvalue weighted by Crippen LogP contribution is -2.24. The molecule has 0 bridgehead atoms. The highest BCUT2D eigenvalue weighted by atomic mass is 79.9. The summed E-state index contributed by atoms with van der Waals surface area (Å²) in [7, 11) is 1.41. The van der Waals surface area contributed by atoms with Crippen molar-refractivity contribution in [3.05, 3.63) is 12.2 Å². The molecule has 2 rings (SSSR count). The Bertz CT molecular complexity index is 503. The van der Waals surface area contributed by atoms with Gasteiger partial charge in [-0.25, -0.2) is 0 Å². The van der Waals surface area contributed by atoms with E-state index in [2.05, 4.69) is 20.7 Å². The summed E-state index contributed by atoms with van der Waals surface area (Å²) in [5, 5.41) is 20.6. The smallest absolute Gasteiger partial charge is 0.305 e. The zero-order valence-corrected chi connectivity index (χ0v) is 19.0. The fourth-order valence-corrected chi connectivity index (χ4v) is 5.18. The van der Waals surface area contributed by atoms with E-state index in [0.29, 0.717) is 18.7 Å². The molecule has 1 aliphatic heterocycles. The Kier molecular flexibility index (Phi) is 10.8. The zero-order valence-electron chi connectivity index (χ0n) is 16.6. The van der Waals surface area contributed by atoms with Crippen LogP contribution >= 0.6 is 27.5 Å². The number of carbonyl (C=O) groups excluding carboxylic acids is 1. The lowest BCUT2D eigenvalue weighted by Gasteiger charge is -2.21. The first-order chi connectivity index (χ1) is 13.5. The number of hydrogen-bond acceptors (Lipinski definition) is 5. The Labute approximate surface area is 181 Å². The van der Waals surface area contributed by atoms with E-state index in [4.69, 9.17) is 16.3 Å². The number of unbranched alkanes of at least 4 members (excludes halogenated alkanes) is 2. The molecule has 1 heterocycles. The Hall–Kier alpha value is -0.140. The Balaban J connectivity index is 1.78. The number of hydrogen-bond donors (Lipinski definition) is 2. The maximum atomic E-state index is 11.2. The highest BCUT2D eigenvalue weighted by molar-refractivity contribution is 9.09. The van der Waals surface area contributed by atoms with E-state index >= 15 is 0 Å². The molecule has 0 aromatic rings. The molecular weight excluding hydrogens is 448 g/mol. The number of alkyl halides is 2. The quantitative estimate of drug-likeness (QED) is 0.191. The van der Waals surface area contributed by atoms with E-state index in [1.54, 1.807) is 0 Å². The van der Waals surface area contributed by atoms with Crippen molar-refractivity contribution >= 4 is 33.5 Å². The number of carbonyl (C=O) groups is 1. The molecule has 28 heavy (non-hydrogen) atoms. The third-order valence-corrected chi connectivity index (χ3v) is 7.24. The molecule has 1 saturated heterocycles. The fraction of sp³-hybridized carbons (Fsp3) is 0.857. The molecule has 7 atom stereocenters. The van der Waals surface area contributed by atoms with Crippen molar-refractivity contribution in [2.24, 2.45) is 11.8 Å². The average molecular weight is 482 g/mol. The summed E-state index contributed by atoms with van der Waals surface area (Å²) in [6.45, 7) is 0. The molecule has 1 saturated carbocycles. The Morgan fingerprint density at radius 2 is 2.07 bits per heavy atom. The van der Waals surface area contributed by atoms with Gasteiger partial charge in [0.15, 0.2) is 0 Å². The number of fused-ring (bicyclic) bond motifs is 1. The lowest BCUT2D eigenvalue weighted by molar-refractivity contribution is -0.140. The summed E-state index contributed by atoms with van der Waals surface area (Å²) in [6, 6.07) is 0.